The van der Waals surface area contributed by atoms with Gasteiger partial charge in [-0.3, -0.25) is 4.98 Å². The number of nitrogens with zero attached hydrogens (tertiary/aromatic N) is 3. The van der Waals surface area contributed by atoms with Crippen LogP contribution in [-0.2, 0) is 12.2 Å². The Morgan fingerprint density at radius 2 is 1.53 bits per heavy atom. The first kappa shape index (κ1) is 23.6. The zero-order valence-corrected chi connectivity index (χ0v) is 20.3. The van der Waals surface area contributed by atoms with E-state index in [-0.39, 0.29) is 17.2 Å². The van der Waals surface area contributed by atoms with Crippen LogP contribution in [0.2, 0.25) is 0 Å². The lowest BCUT2D eigenvalue weighted by Crippen LogP contribution is -2.19. The van der Waals surface area contributed by atoms with Crippen LogP contribution in [0.25, 0.3) is 11.4 Å². The number of ether oxygens (including phenoxy) is 1. The maximum Gasteiger partial charge on any atom is 0.258 e. The van der Waals surface area contributed by atoms with Crippen LogP contribution < -0.4 is 4.74 Å². The molecule has 0 aliphatic carbocycles. The number of aromatic nitrogens is 3. The highest BCUT2D eigenvalue weighted by molar-refractivity contribution is 5.55. The van der Waals surface area contributed by atoms with Crippen molar-refractivity contribution in [3.8, 4) is 17.1 Å². The standard InChI is InChI=1S/C28H31N3O3/c1-27(2,3)24(20-13-15-23(16-14-20)33-18-22-8-6-7-17-29-22)19-9-11-21(12-10-19)25-30-26(34-31-25)28(4,5)32/h6-17,24,32H,18H2,1-5H3. The van der Waals surface area contributed by atoms with E-state index in [0.717, 1.165) is 17.0 Å². The second-order valence-electron chi connectivity index (χ2n) is 10.1. The van der Waals surface area contributed by atoms with E-state index in [1.807, 2.05) is 42.5 Å². The van der Waals surface area contributed by atoms with Crippen LogP contribution in [0.1, 0.15) is 63.2 Å². The molecule has 6 heteroatoms. The third-order valence-corrected chi connectivity index (χ3v) is 5.64. The molecule has 2 aromatic heterocycles. The summed E-state index contributed by atoms with van der Waals surface area (Å²) < 4.78 is 11.1. The normalized spacial score (nSPS) is 13.0. The Morgan fingerprint density at radius 3 is 2.06 bits per heavy atom. The van der Waals surface area contributed by atoms with Gasteiger partial charge >= 0.3 is 0 Å². The third-order valence-electron chi connectivity index (χ3n) is 5.64. The lowest BCUT2D eigenvalue weighted by atomic mass is 9.72. The van der Waals surface area contributed by atoms with E-state index < -0.39 is 5.60 Å². The molecule has 176 valence electrons. The van der Waals surface area contributed by atoms with Gasteiger partial charge in [0.05, 0.1) is 5.69 Å². The smallest absolute Gasteiger partial charge is 0.258 e. The summed E-state index contributed by atoms with van der Waals surface area (Å²) in [5.41, 5.74) is 2.98. The third kappa shape index (κ3) is 5.51. The van der Waals surface area contributed by atoms with Crippen LogP contribution in [0, 0.1) is 5.41 Å². The summed E-state index contributed by atoms with van der Waals surface area (Å²) in [5.74, 6) is 1.66. The zero-order chi connectivity index (χ0) is 24.3. The molecule has 1 N–H and O–H groups in total. The quantitative estimate of drug-likeness (QED) is 0.360. The molecular weight excluding hydrogens is 426 g/mol. The van der Waals surface area contributed by atoms with Crippen molar-refractivity contribution < 1.29 is 14.4 Å². The first-order valence-corrected chi connectivity index (χ1v) is 11.4. The second kappa shape index (κ2) is 9.39. The van der Waals surface area contributed by atoms with Gasteiger partial charge in [0.15, 0.2) is 0 Å². The first-order chi connectivity index (χ1) is 16.1. The Hall–Kier alpha value is -3.51. The molecular formula is C28H31N3O3. The average Bonchev–Trinajstić information content (AvgIpc) is 3.30. The van der Waals surface area contributed by atoms with Crippen LogP contribution in [0.15, 0.2) is 77.4 Å². The van der Waals surface area contributed by atoms with Gasteiger partial charge in [-0.2, -0.15) is 4.98 Å². The molecule has 0 aliphatic rings. The first-order valence-electron chi connectivity index (χ1n) is 11.4. The maximum atomic E-state index is 10.1. The highest BCUT2D eigenvalue weighted by Gasteiger charge is 2.28. The predicted octanol–water partition coefficient (Wildman–Crippen LogP) is 6.12. The largest absolute Gasteiger partial charge is 0.487 e. The summed E-state index contributed by atoms with van der Waals surface area (Å²) in [4.78, 5) is 8.64. The van der Waals surface area contributed by atoms with E-state index in [2.05, 4.69) is 60.2 Å². The topological polar surface area (TPSA) is 81.3 Å². The van der Waals surface area contributed by atoms with E-state index in [9.17, 15) is 5.11 Å². The monoisotopic (exact) mass is 457 g/mol. The highest BCUT2D eigenvalue weighted by Crippen LogP contribution is 2.41. The summed E-state index contributed by atoms with van der Waals surface area (Å²) in [7, 11) is 0. The van der Waals surface area contributed by atoms with Crippen LogP contribution >= 0.6 is 0 Å². The van der Waals surface area contributed by atoms with Crippen molar-refractivity contribution in [1.29, 1.82) is 0 Å². The molecule has 0 saturated carbocycles. The molecule has 4 rings (SSSR count). The van der Waals surface area contributed by atoms with Crippen molar-refractivity contribution in [3.63, 3.8) is 0 Å². The fourth-order valence-electron chi connectivity index (χ4n) is 4.00. The van der Waals surface area contributed by atoms with Gasteiger partial charge in [0.25, 0.3) is 5.89 Å². The molecule has 0 saturated heterocycles. The number of rotatable bonds is 7. The van der Waals surface area contributed by atoms with Crippen LogP contribution in [-0.4, -0.2) is 20.2 Å². The van der Waals surface area contributed by atoms with Gasteiger partial charge in [-0.15, -0.1) is 0 Å². The summed E-state index contributed by atoms with van der Waals surface area (Å²) in [6.07, 6.45) is 1.77. The molecule has 0 fully saturated rings. The van der Waals surface area contributed by atoms with Crippen molar-refractivity contribution in [3.05, 3.63) is 95.6 Å². The Morgan fingerprint density at radius 1 is 0.882 bits per heavy atom. The van der Waals surface area contributed by atoms with Gasteiger partial charge in [0.2, 0.25) is 5.82 Å². The predicted molar refractivity (Wildman–Crippen MR) is 131 cm³/mol. The van der Waals surface area contributed by atoms with E-state index in [1.54, 1.807) is 20.0 Å². The van der Waals surface area contributed by atoms with Gasteiger partial charge in [-0.1, -0.05) is 68.4 Å². The lowest BCUT2D eigenvalue weighted by molar-refractivity contribution is 0.0420. The molecule has 0 spiro atoms. The molecule has 34 heavy (non-hydrogen) atoms. The molecule has 2 heterocycles. The molecule has 6 nitrogen and oxygen atoms in total. The van der Waals surface area contributed by atoms with Crippen molar-refractivity contribution in [2.45, 2.75) is 52.7 Å². The van der Waals surface area contributed by atoms with Crippen molar-refractivity contribution in [2.24, 2.45) is 5.41 Å². The fourth-order valence-corrected chi connectivity index (χ4v) is 4.00. The van der Waals surface area contributed by atoms with Crippen molar-refractivity contribution in [1.82, 2.24) is 15.1 Å². The fraction of sp³-hybridized carbons (Fsp3) is 0.321. The molecule has 2 aromatic carbocycles. The molecule has 0 bridgehead atoms. The number of pyridine rings is 1. The Kier molecular flexibility index (Phi) is 6.53. The number of aliphatic hydroxyl groups is 1. The van der Waals surface area contributed by atoms with E-state index >= 15 is 0 Å². The molecule has 4 aromatic rings. The minimum atomic E-state index is -1.17. The molecule has 0 amide bonds. The van der Waals surface area contributed by atoms with Crippen molar-refractivity contribution >= 4 is 0 Å². The Bertz CT molecular complexity index is 1200. The lowest BCUT2D eigenvalue weighted by Gasteiger charge is -2.32. The van der Waals surface area contributed by atoms with E-state index in [1.165, 1.54) is 11.1 Å². The highest BCUT2D eigenvalue weighted by atomic mass is 16.5. The Balaban J connectivity index is 1.53. The van der Waals surface area contributed by atoms with Crippen LogP contribution in [0.5, 0.6) is 5.75 Å². The van der Waals surface area contributed by atoms with Gasteiger partial charge in [0, 0.05) is 17.7 Å². The van der Waals surface area contributed by atoms with Gasteiger partial charge < -0.3 is 14.4 Å². The summed E-state index contributed by atoms with van der Waals surface area (Å²) in [6, 6.07) is 22.3. The minimum absolute atomic E-state index is 0.00191. The molecule has 0 radical (unpaired) electrons. The van der Waals surface area contributed by atoms with Gasteiger partial charge in [0.1, 0.15) is 18.0 Å². The summed E-state index contributed by atoms with van der Waals surface area (Å²) in [5, 5.41) is 14.1. The molecule has 1 atom stereocenters. The zero-order valence-electron chi connectivity index (χ0n) is 20.3. The summed E-state index contributed by atoms with van der Waals surface area (Å²) in [6.45, 7) is 10.4. The maximum absolute atomic E-state index is 10.1. The van der Waals surface area contributed by atoms with Crippen LogP contribution in [0.3, 0.4) is 0 Å². The minimum Gasteiger partial charge on any atom is -0.487 e. The molecule has 0 aliphatic heterocycles. The average molecular weight is 458 g/mol. The van der Waals surface area contributed by atoms with Crippen LogP contribution in [0.4, 0.5) is 0 Å². The molecule has 1 unspecified atom stereocenters. The van der Waals surface area contributed by atoms with Gasteiger partial charge in [-0.25, -0.2) is 0 Å². The van der Waals surface area contributed by atoms with E-state index in [4.69, 9.17) is 9.26 Å². The number of hydrogen-bond donors (Lipinski definition) is 1. The van der Waals surface area contributed by atoms with Gasteiger partial charge in [-0.05, 0) is 54.7 Å². The van der Waals surface area contributed by atoms with E-state index in [0.29, 0.717) is 12.4 Å². The number of benzene rings is 2. The SMILES string of the molecule is CC(C)(O)c1nc(-c2ccc(C(c3ccc(OCc4ccccn4)cc3)C(C)(C)C)cc2)no1. The Labute approximate surface area is 200 Å². The summed E-state index contributed by atoms with van der Waals surface area (Å²) >= 11 is 0. The second-order valence-corrected chi connectivity index (χ2v) is 10.1. The number of hydrogen-bond acceptors (Lipinski definition) is 6. The van der Waals surface area contributed by atoms with Crippen molar-refractivity contribution in [2.75, 3.05) is 0 Å².